The molecule has 1 N–H and O–H groups in total. The fourth-order valence-electron chi connectivity index (χ4n) is 4.17. The molecule has 0 unspecified atom stereocenters. The molecule has 1 aromatic heterocycles. The third-order valence-electron chi connectivity index (χ3n) is 5.65. The van der Waals surface area contributed by atoms with E-state index in [4.69, 9.17) is 16.0 Å². The lowest BCUT2D eigenvalue weighted by Crippen LogP contribution is -2.33. The van der Waals surface area contributed by atoms with Gasteiger partial charge in [0.2, 0.25) is 5.76 Å². The summed E-state index contributed by atoms with van der Waals surface area (Å²) >= 11 is 6.07. The fourth-order valence-corrected chi connectivity index (χ4v) is 4.34. The van der Waals surface area contributed by atoms with Crippen molar-refractivity contribution in [1.29, 1.82) is 0 Å². The minimum absolute atomic E-state index is 0.106. The molecule has 4 aromatic rings. The molecule has 0 saturated heterocycles. The molecule has 0 aliphatic carbocycles. The van der Waals surface area contributed by atoms with Crippen LogP contribution in [0.5, 0.6) is 0 Å². The van der Waals surface area contributed by atoms with E-state index in [1.807, 2.05) is 6.07 Å². The topological polar surface area (TPSA) is 70.8 Å². The molecule has 1 aliphatic rings. The number of halogens is 2. The molecular weight excluding hydrogens is 433 g/mol. The number of amides is 1. The average molecular weight is 450 g/mol. The number of aliphatic hydroxyl groups excluding tert-OH is 1. The van der Waals surface area contributed by atoms with Crippen molar-refractivity contribution in [2.45, 2.75) is 12.1 Å². The Balaban J connectivity index is 1.69. The Morgan fingerprint density at radius 2 is 1.81 bits per heavy atom. The van der Waals surface area contributed by atoms with Gasteiger partial charge in [-0.25, -0.2) is 4.39 Å². The van der Waals surface area contributed by atoms with E-state index in [0.717, 1.165) is 0 Å². The monoisotopic (exact) mass is 449 g/mol. The van der Waals surface area contributed by atoms with E-state index < -0.39 is 29.3 Å². The van der Waals surface area contributed by atoms with Gasteiger partial charge in [-0.05, 0) is 41.5 Å². The standard InChI is InChI=1S/C25H17ClFNO4/c26-16-9-10-20-18(12-16)23(30)21-22(15-7-4-8-17(27)11-15)28(25(31)24(21)32-20)13-19(29)14-5-2-1-3-6-14/h1-12,19,22,29H,13H2/t19-,22+/m0/s1. The lowest BCUT2D eigenvalue weighted by atomic mass is 9.98. The first kappa shape index (κ1) is 20.4. The number of carbonyl (C=O) groups excluding carboxylic acids is 1. The second-order valence-electron chi connectivity index (χ2n) is 7.66. The van der Waals surface area contributed by atoms with E-state index in [9.17, 15) is 19.1 Å². The quantitative estimate of drug-likeness (QED) is 0.483. The minimum Gasteiger partial charge on any atom is -0.450 e. The van der Waals surface area contributed by atoms with Crippen LogP contribution in [0.4, 0.5) is 4.39 Å². The van der Waals surface area contributed by atoms with Crippen molar-refractivity contribution in [3.8, 4) is 0 Å². The zero-order chi connectivity index (χ0) is 22.4. The number of rotatable bonds is 4. The second-order valence-corrected chi connectivity index (χ2v) is 8.09. The van der Waals surface area contributed by atoms with E-state index in [-0.39, 0.29) is 28.8 Å². The Labute approximate surface area is 187 Å². The van der Waals surface area contributed by atoms with Gasteiger partial charge in [-0.3, -0.25) is 9.59 Å². The van der Waals surface area contributed by atoms with Gasteiger partial charge in [0.15, 0.2) is 5.43 Å². The maximum atomic E-state index is 14.1. The van der Waals surface area contributed by atoms with E-state index in [1.165, 1.54) is 35.2 Å². The van der Waals surface area contributed by atoms with Gasteiger partial charge >= 0.3 is 0 Å². The molecule has 1 aliphatic heterocycles. The van der Waals surface area contributed by atoms with E-state index in [1.54, 1.807) is 36.4 Å². The number of carbonyl (C=O) groups is 1. The van der Waals surface area contributed by atoms with Crippen LogP contribution in [0.2, 0.25) is 5.02 Å². The number of hydrogen-bond acceptors (Lipinski definition) is 4. The van der Waals surface area contributed by atoms with Gasteiger partial charge in [-0.15, -0.1) is 0 Å². The molecule has 2 atom stereocenters. The number of hydrogen-bond donors (Lipinski definition) is 1. The molecular formula is C25H17ClFNO4. The van der Waals surface area contributed by atoms with Crippen LogP contribution >= 0.6 is 11.6 Å². The smallest absolute Gasteiger partial charge is 0.291 e. The molecule has 0 bridgehead atoms. The molecule has 0 spiro atoms. The Bertz CT molecular complexity index is 1400. The number of β-amino-alcohol motifs (C(OH)–C–C–N with tert-alkyl or cyclic N) is 1. The number of aliphatic hydroxyl groups is 1. The lowest BCUT2D eigenvalue weighted by molar-refractivity contribution is 0.0583. The van der Waals surface area contributed by atoms with Crippen molar-refractivity contribution in [3.05, 3.63) is 116 Å². The Kier molecular flexibility index (Phi) is 5.04. The van der Waals surface area contributed by atoms with Gasteiger partial charge in [0, 0.05) is 5.02 Å². The fraction of sp³-hybridized carbons (Fsp3) is 0.120. The first-order valence-electron chi connectivity index (χ1n) is 10.00. The van der Waals surface area contributed by atoms with Gasteiger partial charge in [0.1, 0.15) is 11.4 Å². The van der Waals surface area contributed by atoms with Gasteiger partial charge in [-0.1, -0.05) is 54.1 Å². The van der Waals surface area contributed by atoms with Gasteiger partial charge < -0.3 is 14.4 Å². The average Bonchev–Trinajstić information content (AvgIpc) is 3.07. The molecule has 0 radical (unpaired) electrons. The van der Waals surface area contributed by atoms with E-state index >= 15 is 0 Å². The summed E-state index contributed by atoms with van der Waals surface area (Å²) in [6, 6.07) is 18.3. The highest BCUT2D eigenvalue weighted by Gasteiger charge is 2.43. The van der Waals surface area contributed by atoms with Crippen molar-refractivity contribution in [2.24, 2.45) is 0 Å². The molecule has 0 saturated carbocycles. The Morgan fingerprint density at radius 1 is 1.03 bits per heavy atom. The molecule has 2 heterocycles. The molecule has 32 heavy (non-hydrogen) atoms. The van der Waals surface area contributed by atoms with E-state index in [2.05, 4.69) is 0 Å². The largest absolute Gasteiger partial charge is 0.450 e. The lowest BCUT2D eigenvalue weighted by Gasteiger charge is -2.27. The highest BCUT2D eigenvalue weighted by molar-refractivity contribution is 6.31. The third-order valence-corrected chi connectivity index (χ3v) is 5.88. The molecule has 160 valence electrons. The zero-order valence-corrected chi connectivity index (χ0v) is 17.4. The SMILES string of the molecule is O=C1c2oc3ccc(Cl)cc3c(=O)c2[C@@H](c2cccc(F)c2)N1C[C@H](O)c1ccccc1. The number of benzene rings is 3. The molecule has 5 rings (SSSR count). The van der Waals surface area contributed by atoms with Crippen LogP contribution in [0.25, 0.3) is 11.0 Å². The predicted molar refractivity (Wildman–Crippen MR) is 118 cm³/mol. The maximum absolute atomic E-state index is 14.1. The summed E-state index contributed by atoms with van der Waals surface area (Å²) in [7, 11) is 0. The first-order chi connectivity index (χ1) is 15.4. The summed E-state index contributed by atoms with van der Waals surface area (Å²) in [5, 5.41) is 11.4. The summed E-state index contributed by atoms with van der Waals surface area (Å²) in [6.45, 7) is -0.106. The Morgan fingerprint density at radius 3 is 2.56 bits per heavy atom. The van der Waals surface area contributed by atoms with E-state index in [0.29, 0.717) is 16.1 Å². The number of fused-ring (bicyclic) bond motifs is 2. The third kappa shape index (κ3) is 3.38. The highest BCUT2D eigenvalue weighted by atomic mass is 35.5. The summed E-state index contributed by atoms with van der Waals surface area (Å²) in [5.74, 6) is -1.15. The molecule has 5 nitrogen and oxygen atoms in total. The molecule has 3 aromatic carbocycles. The van der Waals surface area contributed by atoms with Crippen LogP contribution < -0.4 is 5.43 Å². The van der Waals surface area contributed by atoms with Crippen molar-refractivity contribution in [3.63, 3.8) is 0 Å². The maximum Gasteiger partial charge on any atom is 0.291 e. The first-order valence-corrected chi connectivity index (χ1v) is 10.4. The minimum atomic E-state index is -1.01. The molecule has 1 amide bonds. The second kappa shape index (κ2) is 7.89. The van der Waals surface area contributed by atoms with Crippen LogP contribution in [-0.4, -0.2) is 22.5 Å². The van der Waals surface area contributed by atoms with Crippen LogP contribution in [-0.2, 0) is 0 Å². The van der Waals surface area contributed by atoms with Gasteiger partial charge in [0.05, 0.1) is 29.6 Å². The predicted octanol–water partition coefficient (Wildman–Crippen LogP) is 4.86. The van der Waals surface area contributed by atoms with Crippen LogP contribution in [0, 0.1) is 5.82 Å². The van der Waals surface area contributed by atoms with Gasteiger partial charge in [-0.2, -0.15) is 0 Å². The molecule has 7 heteroatoms. The zero-order valence-electron chi connectivity index (χ0n) is 16.7. The van der Waals surface area contributed by atoms with Crippen LogP contribution in [0.1, 0.15) is 39.4 Å². The summed E-state index contributed by atoms with van der Waals surface area (Å²) in [5.41, 5.74) is 0.949. The summed E-state index contributed by atoms with van der Waals surface area (Å²) < 4.78 is 19.9. The number of nitrogens with zero attached hydrogens (tertiary/aromatic N) is 1. The molecule has 0 fully saturated rings. The van der Waals surface area contributed by atoms with Crippen LogP contribution in [0.3, 0.4) is 0 Å². The van der Waals surface area contributed by atoms with Crippen LogP contribution in [0.15, 0.2) is 82.0 Å². The van der Waals surface area contributed by atoms with Crippen molar-refractivity contribution in [2.75, 3.05) is 6.54 Å². The summed E-state index contributed by atoms with van der Waals surface area (Å²) in [6.07, 6.45) is -1.01. The van der Waals surface area contributed by atoms with Crippen molar-refractivity contribution >= 4 is 28.5 Å². The summed E-state index contributed by atoms with van der Waals surface area (Å²) in [4.78, 5) is 28.1. The van der Waals surface area contributed by atoms with Crippen molar-refractivity contribution < 1.29 is 18.7 Å². The van der Waals surface area contributed by atoms with Crippen molar-refractivity contribution in [1.82, 2.24) is 4.90 Å². The normalized spacial score (nSPS) is 16.4. The highest BCUT2D eigenvalue weighted by Crippen LogP contribution is 2.39. The Hall–Kier alpha value is -3.48. The van der Waals surface area contributed by atoms with Gasteiger partial charge in [0.25, 0.3) is 5.91 Å².